The first-order chi connectivity index (χ1) is 33.4. The molecule has 0 spiro atoms. The highest BCUT2D eigenvalue weighted by Gasteiger charge is 2.31. The second-order valence-electron chi connectivity index (χ2n) is 23.1. The molecule has 0 bridgehead atoms. The monoisotopic (exact) mass is 1090 g/mol. The summed E-state index contributed by atoms with van der Waals surface area (Å²) in [5, 5.41) is 9.68. The van der Waals surface area contributed by atoms with E-state index in [1.165, 1.54) is 0 Å². The SMILES string of the molecule is C[Si](C)(C)O[Si](C)(C)CCCCOC(=O)c1ccc(Nc2nc(Nc3ccc(C(=O)OCCCC[Si](C)(C)O[Si](C)(C)C)cc3)nc(Nc3ccc(C(=O)OCCCC[Si](C)(C)O[Si](C)(C)C)cc3)n2)cc1. The van der Waals surface area contributed by atoms with Crippen LogP contribution in [0.2, 0.25) is 116 Å². The molecule has 0 atom stereocenters. The van der Waals surface area contributed by atoms with Crippen LogP contribution in [0.1, 0.15) is 69.6 Å². The van der Waals surface area contributed by atoms with Gasteiger partial charge in [-0.2, -0.15) is 15.0 Å². The Balaban J connectivity index is 1.40. The van der Waals surface area contributed by atoms with Crippen molar-refractivity contribution in [3.05, 3.63) is 89.5 Å². The van der Waals surface area contributed by atoms with Gasteiger partial charge in [0.25, 0.3) is 0 Å². The van der Waals surface area contributed by atoms with Gasteiger partial charge in [-0.3, -0.25) is 0 Å². The van der Waals surface area contributed by atoms with E-state index in [4.69, 9.17) is 26.6 Å². The quantitative estimate of drug-likeness (QED) is 0.0194. The van der Waals surface area contributed by atoms with Gasteiger partial charge in [-0.05, 0) is 208 Å². The fourth-order valence-electron chi connectivity index (χ4n) is 8.34. The maximum Gasteiger partial charge on any atom is 0.338 e. The van der Waals surface area contributed by atoms with Crippen molar-refractivity contribution < 1.29 is 40.9 Å². The molecule has 0 radical (unpaired) electrons. The van der Waals surface area contributed by atoms with E-state index in [0.717, 1.165) is 56.7 Å². The summed E-state index contributed by atoms with van der Waals surface area (Å²) in [6.45, 7) is 34.6. The summed E-state index contributed by atoms with van der Waals surface area (Å²) in [6, 6.07) is 23.8. The second kappa shape index (κ2) is 26.7. The summed E-state index contributed by atoms with van der Waals surface area (Å²) in [7, 11) is -10.0. The first-order valence-corrected chi connectivity index (χ1v) is 45.0. The van der Waals surface area contributed by atoms with Gasteiger partial charge in [0, 0.05) is 17.1 Å². The minimum absolute atomic E-state index is 0.214. The van der Waals surface area contributed by atoms with Crippen LogP contribution in [0, 0.1) is 0 Å². The Morgan fingerprint density at radius 3 is 0.792 bits per heavy atom. The molecule has 0 amide bonds. The van der Waals surface area contributed by atoms with Crippen LogP contribution in [0.5, 0.6) is 0 Å². The molecule has 21 heteroatoms. The molecule has 4 aromatic rings. The standard InChI is InChI=1S/C51H84N6O9Si6/c1-67(2,3)64-70(10,11)37-19-16-34-61-46(58)40-22-28-43(29-23-40)52-49-55-50(53-44-30-24-41(25-31-44)47(59)62-35-17-20-38-71(12,13)65-68(4,5)6)57-51(56-49)54-45-32-26-42(27-33-45)48(60)63-36-18-21-39-72(14,15)66-69(7,8)9/h22-33H,16-21,34-39H2,1-15H3,(H3,52,53,54,55,56,57). The number of carbonyl (C=O) groups excluding carboxylic acids is 3. The van der Waals surface area contributed by atoms with E-state index in [9.17, 15) is 14.4 Å². The lowest BCUT2D eigenvalue weighted by Gasteiger charge is -2.31. The molecular weight excluding hydrogens is 1010 g/mol. The van der Waals surface area contributed by atoms with Gasteiger partial charge in [0.05, 0.1) is 36.5 Å². The van der Waals surface area contributed by atoms with Crippen LogP contribution < -0.4 is 16.0 Å². The number of unbranched alkanes of at least 4 members (excludes halogenated alkanes) is 3. The van der Waals surface area contributed by atoms with Crippen molar-refractivity contribution in [3.8, 4) is 0 Å². The van der Waals surface area contributed by atoms with E-state index >= 15 is 0 Å². The molecule has 0 fully saturated rings. The number of nitrogens with one attached hydrogen (secondary N) is 3. The predicted octanol–water partition coefficient (Wildman–Crippen LogP) is 14.1. The summed E-state index contributed by atoms with van der Waals surface area (Å²) in [6.07, 6.45) is 5.19. The number of rotatable bonds is 30. The molecule has 0 aliphatic rings. The van der Waals surface area contributed by atoms with Gasteiger partial charge in [0.15, 0.2) is 49.9 Å². The number of carbonyl (C=O) groups is 3. The molecule has 0 unspecified atom stereocenters. The minimum atomic E-state index is -1.75. The third-order valence-electron chi connectivity index (χ3n) is 10.7. The van der Waals surface area contributed by atoms with Crippen LogP contribution >= 0.6 is 0 Å². The van der Waals surface area contributed by atoms with Gasteiger partial charge in [0.2, 0.25) is 17.8 Å². The molecule has 0 aliphatic heterocycles. The van der Waals surface area contributed by atoms with Crippen molar-refractivity contribution in [2.24, 2.45) is 0 Å². The van der Waals surface area contributed by atoms with Gasteiger partial charge in [-0.1, -0.05) is 19.3 Å². The Labute approximate surface area is 436 Å². The van der Waals surface area contributed by atoms with E-state index < -0.39 is 49.9 Å². The van der Waals surface area contributed by atoms with Crippen molar-refractivity contribution in [1.82, 2.24) is 15.0 Å². The zero-order chi connectivity index (χ0) is 53.4. The molecule has 3 N–H and O–H groups in total. The van der Waals surface area contributed by atoms with Crippen molar-refractivity contribution in [1.29, 1.82) is 0 Å². The lowest BCUT2D eigenvalue weighted by Crippen LogP contribution is -2.42. The number of ether oxygens (including phenoxy) is 3. The Morgan fingerprint density at radius 2 is 0.583 bits per heavy atom. The number of aromatic nitrogens is 3. The van der Waals surface area contributed by atoms with E-state index in [2.05, 4.69) is 129 Å². The number of nitrogens with zero attached hydrogens (tertiary/aromatic N) is 3. The normalized spacial score (nSPS) is 12.5. The highest BCUT2D eigenvalue weighted by Crippen LogP contribution is 2.26. The first-order valence-electron chi connectivity index (χ1n) is 25.4. The third-order valence-corrected chi connectivity index (χ3v) is 29.4. The van der Waals surface area contributed by atoms with E-state index in [0.29, 0.717) is 53.6 Å². The van der Waals surface area contributed by atoms with Gasteiger partial charge in [-0.25, -0.2) is 14.4 Å². The number of hydrogen-bond donors (Lipinski definition) is 3. The van der Waals surface area contributed by atoms with E-state index in [-0.39, 0.29) is 35.8 Å². The fourth-order valence-corrected chi connectivity index (χ4v) is 32.8. The molecule has 3 aromatic carbocycles. The van der Waals surface area contributed by atoms with Crippen LogP contribution in [0.3, 0.4) is 0 Å². The van der Waals surface area contributed by atoms with Gasteiger partial charge in [0.1, 0.15) is 0 Å². The topological polar surface area (TPSA) is 181 Å². The Morgan fingerprint density at radius 1 is 0.361 bits per heavy atom. The summed E-state index contributed by atoms with van der Waals surface area (Å²) in [5.74, 6) is -0.519. The highest BCUT2D eigenvalue weighted by molar-refractivity contribution is 6.85. The summed E-state index contributed by atoms with van der Waals surface area (Å²) >= 11 is 0. The minimum Gasteiger partial charge on any atom is -0.462 e. The molecule has 15 nitrogen and oxygen atoms in total. The van der Waals surface area contributed by atoms with E-state index in [1.807, 2.05) is 0 Å². The molecule has 396 valence electrons. The Kier molecular flexibility index (Phi) is 22.4. The van der Waals surface area contributed by atoms with Crippen LogP contribution in [-0.4, -0.2) is 103 Å². The predicted molar refractivity (Wildman–Crippen MR) is 308 cm³/mol. The molecular formula is C51H84N6O9Si6. The van der Waals surface area contributed by atoms with Crippen LogP contribution in [0.25, 0.3) is 0 Å². The van der Waals surface area contributed by atoms with E-state index in [1.54, 1.807) is 72.8 Å². The third kappa shape index (κ3) is 24.1. The average Bonchev–Trinajstić information content (AvgIpc) is 3.24. The Hall–Kier alpha value is -4.34. The van der Waals surface area contributed by atoms with Crippen LogP contribution in [-0.2, 0) is 26.6 Å². The molecule has 1 heterocycles. The van der Waals surface area contributed by atoms with Crippen molar-refractivity contribution in [3.63, 3.8) is 0 Å². The molecule has 4 rings (SSSR count). The van der Waals surface area contributed by atoms with Crippen LogP contribution in [0.4, 0.5) is 34.9 Å². The molecule has 72 heavy (non-hydrogen) atoms. The van der Waals surface area contributed by atoms with Crippen molar-refractivity contribution in [2.45, 2.75) is 155 Å². The first kappa shape index (κ1) is 60.2. The lowest BCUT2D eigenvalue weighted by molar-refractivity contribution is 0.0490. The molecule has 0 saturated carbocycles. The van der Waals surface area contributed by atoms with Crippen LogP contribution in [0.15, 0.2) is 72.8 Å². The summed E-state index contributed by atoms with van der Waals surface area (Å²) < 4.78 is 36.1. The zero-order valence-electron chi connectivity index (χ0n) is 45.9. The summed E-state index contributed by atoms with van der Waals surface area (Å²) in [4.78, 5) is 52.7. The highest BCUT2D eigenvalue weighted by atomic mass is 28.4. The smallest absolute Gasteiger partial charge is 0.338 e. The van der Waals surface area contributed by atoms with Gasteiger partial charge >= 0.3 is 17.9 Å². The fraction of sp³-hybridized carbons (Fsp3) is 0.529. The number of anilines is 6. The lowest BCUT2D eigenvalue weighted by atomic mass is 10.2. The van der Waals surface area contributed by atoms with Crippen molar-refractivity contribution in [2.75, 3.05) is 35.8 Å². The average molecular weight is 1090 g/mol. The number of benzene rings is 3. The zero-order valence-corrected chi connectivity index (χ0v) is 51.9. The second-order valence-corrected chi connectivity index (χ2v) is 50.3. The molecule has 0 saturated heterocycles. The number of hydrogen-bond acceptors (Lipinski definition) is 15. The Bertz CT molecular complexity index is 2080. The molecule has 0 aliphatic carbocycles. The molecule has 1 aromatic heterocycles. The van der Waals surface area contributed by atoms with Gasteiger partial charge < -0.3 is 42.5 Å². The largest absolute Gasteiger partial charge is 0.462 e. The number of esters is 3. The maximum absolute atomic E-state index is 12.9. The van der Waals surface area contributed by atoms with Crippen molar-refractivity contribution >= 4 is 103 Å². The maximum atomic E-state index is 12.9. The summed E-state index contributed by atoms with van der Waals surface area (Å²) in [5.41, 5.74) is 3.18. The van der Waals surface area contributed by atoms with Gasteiger partial charge in [-0.15, -0.1) is 0 Å².